The molecule has 4 atom stereocenters. The molecule has 1 saturated carbocycles. The van der Waals surface area contributed by atoms with Crippen molar-refractivity contribution < 1.29 is 0 Å². The molecule has 1 fully saturated rings. The molecule has 0 amide bonds. The zero-order chi connectivity index (χ0) is 39.3. The van der Waals surface area contributed by atoms with Crippen LogP contribution in [-0.4, -0.2) is 7.28 Å². The number of fused-ring (bicyclic) bond motifs is 4. The minimum absolute atomic E-state index is 0.0424. The summed E-state index contributed by atoms with van der Waals surface area (Å²) in [5, 5.41) is 4.04. The van der Waals surface area contributed by atoms with Gasteiger partial charge < -0.3 is 5.32 Å². The van der Waals surface area contributed by atoms with Crippen LogP contribution >= 0.6 is 0 Å². The average molecular weight is 728 g/mol. The van der Waals surface area contributed by atoms with Gasteiger partial charge >= 0.3 is 0 Å². The Morgan fingerprint density at radius 1 is 0.800 bits per heavy atom. The zero-order valence-electron chi connectivity index (χ0n) is 36.2. The minimum Gasteiger partial charge on any atom is -0.355 e. The number of nitrogens with one attached hydrogen (secondary N) is 1. The van der Waals surface area contributed by atoms with Gasteiger partial charge in [0.1, 0.15) is 0 Å². The Kier molecular flexibility index (Phi) is 9.11. The fourth-order valence-electron chi connectivity index (χ4n) is 10.7. The lowest BCUT2D eigenvalue weighted by molar-refractivity contribution is 0.138. The van der Waals surface area contributed by atoms with Crippen molar-refractivity contribution in [2.75, 3.05) is 5.32 Å². The van der Waals surface area contributed by atoms with E-state index in [0.717, 1.165) is 20.1 Å². The van der Waals surface area contributed by atoms with Crippen LogP contribution in [0, 0.1) is 23.7 Å². The highest BCUT2D eigenvalue weighted by molar-refractivity contribution is 6.67. The third-order valence-electron chi connectivity index (χ3n) is 14.7. The molecule has 1 heterocycles. The highest BCUT2D eigenvalue weighted by atomic mass is 14.9. The number of benzene rings is 3. The molecule has 0 bridgehead atoms. The van der Waals surface area contributed by atoms with Crippen LogP contribution in [-0.2, 0) is 16.2 Å². The molecule has 286 valence electrons. The van der Waals surface area contributed by atoms with Gasteiger partial charge in [0.15, 0.2) is 7.28 Å². The van der Waals surface area contributed by atoms with Crippen LogP contribution in [0.3, 0.4) is 0 Å². The standard InChI is InChI=1S/C53H66BN/c1-33-17-13-14-18-39(33)34-27-41(40-24-21-36(50(5,6)7)31-46(40)55-38-22-19-35(20-23-38)49(2,3)4)48-42(28-34)43-32-52(11)25-15-16-26-53(52,12)44-29-37(51(8,9)10)30-45(54-48)47(43)44/h13-14,17-19,21-24,28-32,34-35,54-55H,15-16,20,25-27H2,1-12H3. The second-order valence-electron chi connectivity index (χ2n) is 21.6. The van der Waals surface area contributed by atoms with Crippen LogP contribution in [0.25, 0.3) is 11.1 Å². The molecule has 0 radical (unpaired) electrons. The van der Waals surface area contributed by atoms with Crippen LogP contribution < -0.4 is 10.8 Å². The van der Waals surface area contributed by atoms with E-state index in [-0.39, 0.29) is 27.1 Å². The second kappa shape index (κ2) is 13.1. The SMILES string of the molecule is Cc1ccccc1C1C=C2C3=CC4(C)CCCCC4(C)c4cc(C(C)(C)C)cc(c43)BC2=C(c2ccc(C(C)(C)C)cc2NC2=CCC(C(C)(C)C)C=C2)C1. The number of hydrogen-bond acceptors (Lipinski definition) is 1. The van der Waals surface area contributed by atoms with E-state index in [1.165, 1.54) is 92.5 Å². The predicted octanol–water partition coefficient (Wildman–Crippen LogP) is 13.3. The van der Waals surface area contributed by atoms with Crippen LogP contribution in [0.15, 0.2) is 102 Å². The summed E-state index contributed by atoms with van der Waals surface area (Å²) < 4.78 is 0. The fourth-order valence-corrected chi connectivity index (χ4v) is 10.7. The summed E-state index contributed by atoms with van der Waals surface area (Å²) in [6, 6.07) is 21.7. The third kappa shape index (κ3) is 6.58. The Hall–Kier alpha value is -3.78. The highest BCUT2D eigenvalue weighted by Crippen LogP contribution is 2.61. The molecule has 1 aliphatic heterocycles. The topological polar surface area (TPSA) is 12.0 Å². The summed E-state index contributed by atoms with van der Waals surface area (Å²) in [4.78, 5) is 0. The van der Waals surface area contributed by atoms with Gasteiger partial charge in [0, 0.05) is 28.3 Å². The second-order valence-corrected chi connectivity index (χ2v) is 21.6. The molecule has 4 aliphatic carbocycles. The molecule has 3 aromatic rings. The largest absolute Gasteiger partial charge is 0.355 e. The van der Waals surface area contributed by atoms with E-state index in [2.05, 4.69) is 173 Å². The number of anilines is 1. The molecule has 0 spiro atoms. The zero-order valence-corrected chi connectivity index (χ0v) is 36.2. The van der Waals surface area contributed by atoms with E-state index in [0.29, 0.717) is 11.8 Å². The number of rotatable bonds is 4. The van der Waals surface area contributed by atoms with Gasteiger partial charge in [0.05, 0.1) is 0 Å². The minimum atomic E-state index is 0.0424. The van der Waals surface area contributed by atoms with Crippen molar-refractivity contribution in [1.82, 2.24) is 0 Å². The van der Waals surface area contributed by atoms with Gasteiger partial charge in [-0.3, -0.25) is 0 Å². The Bertz CT molecular complexity index is 2210. The van der Waals surface area contributed by atoms with Crippen molar-refractivity contribution in [1.29, 1.82) is 0 Å². The Labute approximate surface area is 334 Å². The van der Waals surface area contributed by atoms with Gasteiger partial charge in [-0.2, -0.15) is 0 Å². The van der Waals surface area contributed by atoms with E-state index < -0.39 is 0 Å². The molecule has 3 aromatic carbocycles. The number of allylic oxidation sites excluding steroid dienone is 9. The van der Waals surface area contributed by atoms with Crippen molar-refractivity contribution >= 4 is 29.6 Å². The van der Waals surface area contributed by atoms with Crippen molar-refractivity contribution in [3.05, 3.63) is 141 Å². The summed E-state index contributed by atoms with van der Waals surface area (Å²) in [5.41, 5.74) is 20.9. The van der Waals surface area contributed by atoms with E-state index in [1.54, 1.807) is 11.1 Å². The van der Waals surface area contributed by atoms with Gasteiger partial charge in [-0.1, -0.05) is 173 Å². The Morgan fingerprint density at radius 2 is 1.53 bits per heavy atom. The molecule has 5 aliphatic rings. The highest BCUT2D eigenvalue weighted by Gasteiger charge is 2.52. The molecule has 0 saturated heterocycles. The normalized spacial score (nSPS) is 26.2. The van der Waals surface area contributed by atoms with Gasteiger partial charge in [-0.05, 0) is 122 Å². The predicted molar refractivity (Wildman–Crippen MR) is 241 cm³/mol. The van der Waals surface area contributed by atoms with E-state index >= 15 is 0 Å². The van der Waals surface area contributed by atoms with Crippen LogP contribution in [0.1, 0.15) is 160 Å². The molecular formula is C53H66BN. The van der Waals surface area contributed by atoms with E-state index in [4.69, 9.17) is 0 Å². The third-order valence-corrected chi connectivity index (χ3v) is 14.7. The molecule has 1 nitrogen and oxygen atoms in total. The molecule has 8 rings (SSSR count). The van der Waals surface area contributed by atoms with Crippen molar-refractivity contribution in [2.45, 2.75) is 144 Å². The molecular weight excluding hydrogens is 661 g/mol. The first-order valence-corrected chi connectivity index (χ1v) is 21.5. The average Bonchev–Trinajstić information content (AvgIpc) is 3.11. The lowest BCUT2D eigenvalue weighted by Gasteiger charge is -2.54. The number of aryl methyl sites for hydroxylation is 1. The molecule has 0 aromatic heterocycles. The van der Waals surface area contributed by atoms with Crippen molar-refractivity contribution in [3.8, 4) is 0 Å². The van der Waals surface area contributed by atoms with E-state index in [1.807, 2.05) is 0 Å². The molecule has 2 heteroatoms. The number of hydrogen-bond donors (Lipinski definition) is 1. The molecule has 55 heavy (non-hydrogen) atoms. The lowest BCUT2D eigenvalue weighted by Crippen LogP contribution is -2.48. The maximum absolute atomic E-state index is 4.04. The monoisotopic (exact) mass is 728 g/mol. The first-order valence-electron chi connectivity index (χ1n) is 21.5. The van der Waals surface area contributed by atoms with Crippen molar-refractivity contribution in [3.63, 3.8) is 0 Å². The molecule has 4 unspecified atom stereocenters. The van der Waals surface area contributed by atoms with E-state index in [9.17, 15) is 0 Å². The first kappa shape index (κ1) is 38.1. The summed E-state index contributed by atoms with van der Waals surface area (Å²) in [6.07, 6.45) is 19.9. The van der Waals surface area contributed by atoms with Gasteiger partial charge in [-0.25, -0.2) is 0 Å². The maximum Gasteiger partial charge on any atom is 0.194 e. The summed E-state index contributed by atoms with van der Waals surface area (Å²) >= 11 is 0. The van der Waals surface area contributed by atoms with Gasteiger partial charge in [-0.15, -0.1) is 0 Å². The quantitative estimate of drug-likeness (QED) is 0.264. The first-order chi connectivity index (χ1) is 25.8. The van der Waals surface area contributed by atoms with Gasteiger partial charge in [0.25, 0.3) is 0 Å². The van der Waals surface area contributed by atoms with Crippen LogP contribution in [0.4, 0.5) is 5.69 Å². The summed E-state index contributed by atoms with van der Waals surface area (Å²) in [6.45, 7) is 28.8. The van der Waals surface area contributed by atoms with Crippen molar-refractivity contribution in [2.24, 2.45) is 16.7 Å². The van der Waals surface area contributed by atoms with Crippen LogP contribution in [0.2, 0.25) is 0 Å². The fraction of sp³-hybridized carbons (Fsp3) is 0.472. The Balaban J connectivity index is 1.37. The lowest BCUT2D eigenvalue weighted by atomic mass is 9.43. The smallest absolute Gasteiger partial charge is 0.194 e. The molecule has 1 N–H and O–H groups in total. The maximum atomic E-state index is 4.04. The van der Waals surface area contributed by atoms with Gasteiger partial charge in [0.2, 0.25) is 0 Å². The summed E-state index contributed by atoms with van der Waals surface area (Å²) in [5.74, 6) is 0.852. The summed E-state index contributed by atoms with van der Waals surface area (Å²) in [7, 11) is 0.981. The Morgan fingerprint density at radius 3 is 2.20 bits per heavy atom. The van der Waals surface area contributed by atoms with Crippen LogP contribution in [0.5, 0.6) is 0 Å².